The molecule has 2 amide bonds. The van der Waals surface area contributed by atoms with Crippen LogP contribution in [0.3, 0.4) is 0 Å². The Labute approximate surface area is 108 Å². The summed E-state index contributed by atoms with van der Waals surface area (Å²) in [7, 11) is 0. The SMILES string of the molecule is CCC1NC(=O)C(C)N(CCOCC2CC2)C1=O. The van der Waals surface area contributed by atoms with Gasteiger partial charge in [-0.15, -0.1) is 0 Å². The minimum Gasteiger partial charge on any atom is -0.379 e. The Hall–Kier alpha value is -1.10. The van der Waals surface area contributed by atoms with Gasteiger partial charge in [0.2, 0.25) is 11.8 Å². The zero-order valence-corrected chi connectivity index (χ0v) is 11.1. The highest BCUT2D eigenvalue weighted by Gasteiger charge is 2.36. The van der Waals surface area contributed by atoms with E-state index < -0.39 is 0 Å². The first-order chi connectivity index (χ1) is 8.63. The lowest BCUT2D eigenvalue weighted by Gasteiger charge is -2.37. The van der Waals surface area contributed by atoms with Gasteiger partial charge >= 0.3 is 0 Å². The van der Waals surface area contributed by atoms with Gasteiger partial charge < -0.3 is 15.0 Å². The summed E-state index contributed by atoms with van der Waals surface area (Å²) in [5, 5.41) is 2.74. The van der Waals surface area contributed by atoms with Crippen LogP contribution < -0.4 is 5.32 Å². The molecule has 2 rings (SSSR count). The minimum atomic E-state index is -0.384. The summed E-state index contributed by atoms with van der Waals surface area (Å²) in [4.78, 5) is 25.5. The third kappa shape index (κ3) is 3.02. The normalized spacial score (nSPS) is 28.4. The maximum Gasteiger partial charge on any atom is 0.245 e. The smallest absolute Gasteiger partial charge is 0.245 e. The molecule has 1 heterocycles. The highest BCUT2D eigenvalue weighted by Crippen LogP contribution is 2.28. The van der Waals surface area contributed by atoms with E-state index in [1.165, 1.54) is 12.8 Å². The predicted octanol–water partition coefficient (Wildman–Crippen LogP) is 0.538. The molecule has 1 N–H and O–H groups in total. The molecule has 0 aromatic carbocycles. The van der Waals surface area contributed by atoms with Crippen molar-refractivity contribution in [1.82, 2.24) is 10.2 Å². The number of nitrogens with zero attached hydrogens (tertiary/aromatic N) is 1. The number of amides is 2. The second-order valence-corrected chi connectivity index (χ2v) is 5.20. The van der Waals surface area contributed by atoms with Crippen molar-refractivity contribution >= 4 is 11.8 Å². The van der Waals surface area contributed by atoms with E-state index in [0.717, 1.165) is 12.5 Å². The fraction of sp³-hybridized carbons (Fsp3) is 0.846. The molecule has 1 aliphatic carbocycles. The molecule has 1 saturated carbocycles. The first-order valence-electron chi connectivity index (χ1n) is 6.82. The Morgan fingerprint density at radius 1 is 1.39 bits per heavy atom. The monoisotopic (exact) mass is 254 g/mol. The Kier molecular flexibility index (Phi) is 4.22. The van der Waals surface area contributed by atoms with Gasteiger partial charge in [-0.2, -0.15) is 0 Å². The Bertz CT molecular complexity index is 328. The average Bonchev–Trinajstić information content (AvgIpc) is 3.17. The van der Waals surface area contributed by atoms with E-state index in [1.54, 1.807) is 11.8 Å². The number of ether oxygens (including phenoxy) is 1. The van der Waals surface area contributed by atoms with Crippen molar-refractivity contribution in [2.75, 3.05) is 19.8 Å². The molecular formula is C13H22N2O3. The molecular weight excluding hydrogens is 232 g/mol. The van der Waals surface area contributed by atoms with Gasteiger partial charge in [0.05, 0.1) is 6.61 Å². The summed E-state index contributed by atoms with van der Waals surface area (Å²) in [5.41, 5.74) is 0. The van der Waals surface area contributed by atoms with Crippen LogP contribution in [0.25, 0.3) is 0 Å². The molecule has 0 spiro atoms. The second kappa shape index (κ2) is 5.69. The molecule has 0 radical (unpaired) electrons. The topological polar surface area (TPSA) is 58.6 Å². The van der Waals surface area contributed by atoms with Crippen molar-refractivity contribution in [3.05, 3.63) is 0 Å². The number of carbonyl (C=O) groups is 2. The summed E-state index contributed by atoms with van der Waals surface area (Å²) >= 11 is 0. The van der Waals surface area contributed by atoms with Crippen LogP contribution in [0, 0.1) is 5.92 Å². The van der Waals surface area contributed by atoms with Crippen LogP contribution in [0.15, 0.2) is 0 Å². The quantitative estimate of drug-likeness (QED) is 0.704. The number of hydrogen-bond acceptors (Lipinski definition) is 3. The number of rotatable bonds is 6. The highest BCUT2D eigenvalue weighted by atomic mass is 16.5. The van der Waals surface area contributed by atoms with Gasteiger partial charge in [-0.25, -0.2) is 0 Å². The van der Waals surface area contributed by atoms with Crippen molar-refractivity contribution in [2.45, 2.75) is 45.2 Å². The lowest BCUT2D eigenvalue weighted by molar-refractivity contribution is -0.149. The molecule has 5 heteroatoms. The molecule has 2 atom stereocenters. The number of carbonyl (C=O) groups excluding carboxylic acids is 2. The van der Waals surface area contributed by atoms with Gasteiger partial charge in [0.15, 0.2) is 0 Å². The Morgan fingerprint density at radius 3 is 2.72 bits per heavy atom. The van der Waals surface area contributed by atoms with E-state index in [0.29, 0.717) is 19.6 Å². The van der Waals surface area contributed by atoms with E-state index in [2.05, 4.69) is 5.32 Å². The number of nitrogens with one attached hydrogen (secondary N) is 1. The van der Waals surface area contributed by atoms with Gasteiger partial charge in [-0.05, 0) is 32.1 Å². The third-order valence-corrected chi connectivity index (χ3v) is 3.68. The van der Waals surface area contributed by atoms with Crippen molar-refractivity contribution in [3.63, 3.8) is 0 Å². The summed E-state index contributed by atoms with van der Waals surface area (Å²) in [5.74, 6) is 0.675. The first kappa shape index (κ1) is 13.3. The van der Waals surface area contributed by atoms with Crippen LogP contribution in [-0.4, -0.2) is 48.6 Å². The second-order valence-electron chi connectivity index (χ2n) is 5.20. The summed E-state index contributed by atoms with van der Waals surface area (Å²) in [6.45, 7) is 5.49. The lowest BCUT2D eigenvalue weighted by atomic mass is 10.1. The van der Waals surface area contributed by atoms with Crippen LogP contribution in [-0.2, 0) is 14.3 Å². The minimum absolute atomic E-state index is 0.0135. The highest BCUT2D eigenvalue weighted by molar-refractivity contribution is 5.96. The number of hydrogen-bond donors (Lipinski definition) is 1. The van der Waals surface area contributed by atoms with E-state index in [4.69, 9.17) is 4.74 Å². The fourth-order valence-corrected chi connectivity index (χ4v) is 2.16. The largest absolute Gasteiger partial charge is 0.379 e. The average molecular weight is 254 g/mol. The zero-order valence-electron chi connectivity index (χ0n) is 11.1. The molecule has 0 aromatic rings. The molecule has 2 fully saturated rings. The van der Waals surface area contributed by atoms with Gasteiger partial charge in [-0.3, -0.25) is 9.59 Å². The zero-order chi connectivity index (χ0) is 13.1. The van der Waals surface area contributed by atoms with Gasteiger partial charge in [-0.1, -0.05) is 6.92 Å². The first-order valence-corrected chi connectivity index (χ1v) is 6.82. The summed E-state index contributed by atoms with van der Waals surface area (Å²) < 4.78 is 5.54. The molecule has 0 aromatic heterocycles. The molecule has 0 bridgehead atoms. The molecule has 2 aliphatic rings. The third-order valence-electron chi connectivity index (χ3n) is 3.68. The Morgan fingerprint density at radius 2 is 2.11 bits per heavy atom. The number of piperazine rings is 1. The standard InChI is InChI=1S/C13H22N2O3/c1-3-11-13(17)15(9(2)12(16)14-11)6-7-18-8-10-4-5-10/h9-11H,3-8H2,1-2H3,(H,14,16). The van der Waals surface area contributed by atoms with E-state index >= 15 is 0 Å². The van der Waals surface area contributed by atoms with Gasteiger partial charge in [0.1, 0.15) is 12.1 Å². The molecule has 1 aliphatic heterocycles. The van der Waals surface area contributed by atoms with Crippen molar-refractivity contribution in [3.8, 4) is 0 Å². The molecule has 102 valence electrons. The predicted molar refractivity (Wildman–Crippen MR) is 66.9 cm³/mol. The summed E-state index contributed by atoms with van der Waals surface area (Å²) in [6.07, 6.45) is 3.16. The van der Waals surface area contributed by atoms with Crippen LogP contribution in [0.5, 0.6) is 0 Å². The van der Waals surface area contributed by atoms with E-state index in [-0.39, 0.29) is 23.9 Å². The van der Waals surface area contributed by atoms with Crippen molar-refractivity contribution in [2.24, 2.45) is 5.92 Å². The lowest BCUT2D eigenvalue weighted by Crippen LogP contribution is -2.62. The maximum absolute atomic E-state index is 12.1. The van der Waals surface area contributed by atoms with Gasteiger partial charge in [0, 0.05) is 13.2 Å². The van der Waals surface area contributed by atoms with Crippen LogP contribution in [0.1, 0.15) is 33.1 Å². The molecule has 1 saturated heterocycles. The van der Waals surface area contributed by atoms with E-state index in [9.17, 15) is 9.59 Å². The van der Waals surface area contributed by atoms with Crippen molar-refractivity contribution in [1.29, 1.82) is 0 Å². The van der Waals surface area contributed by atoms with Crippen LogP contribution in [0.2, 0.25) is 0 Å². The van der Waals surface area contributed by atoms with Crippen LogP contribution in [0.4, 0.5) is 0 Å². The van der Waals surface area contributed by atoms with Crippen LogP contribution >= 0.6 is 0 Å². The van der Waals surface area contributed by atoms with Gasteiger partial charge in [0.25, 0.3) is 0 Å². The summed E-state index contributed by atoms with van der Waals surface area (Å²) in [6, 6.07) is -0.748. The van der Waals surface area contributed by atoms with Crippen molar-refractivity contribution < 1.29 is 14.3 Å². The maximum atomic E-state index is 12.1. The fourth-order valence-electron chi connectivity index (χ4n) is 2.16. The molecule has 2 unspecified atom stereocenters. The molecule has 5 nitrogen and oxygen atoms in total. The Balaban J connectivity index is 1.82. The molecule has 18 heavy (non-hydrogen) atoms. The van der Waals surface area contributed by atoms with E-state index in [1.807, 2.05) is 6.92 Å².